The molecule has 3 aromatic carbocycles. The summed E-state index contributed by atoms with van der Waals surface area (Å²) in [5.74, 6) is 0.337. The van der Waals surface area contributed by atoms with Gasteiger partial charge in [0.15, 0.2) is 0 Å². The molecule has 3 rings (SSSR count). The Bertz CT molecular complexity index is 952. The van der Waals surface area contributed by atoms with Crippen LogP contribution in [0.2, 0.25) is 0 Å². The fourth-order valence-corrected chi connectivity index (χ4v) is 2.88. The van der Waals surface area contributed by atoms with Crippen LogP contribution >= 0.6 is 0 Å². The first-order valence-corrected chi connectivity index (χ1v) is 9.57. The van der Waals surface area contributed by atoms with E-state index in [-0.39, 0.29) is 17.9 Å². The van der Waals surface area contributed by atoms with Gasteiger partial charge in [0.05, 0.1) is 12.6 Å². The van der Waals surface area contributed by atoms with Gasteiger partial charge in [-0.1, -0.05) is 30.3 Å². The monoisotopic (exact) mass is 388 g/mol. The van der Waals surface area contributed by atoms with Crippen LogP contribution in [0.15, 0.2) is 78.9 Å². The van der Waals surface area contributed by atoms with Crippen LogP contribution in [0, 0.1) is 0 Å². The zero-order valence-electron chi connectivity index (χ0n) is 16.5. The van der Waals surface area contributed by atoms with Crippen molar-refractivity contribution in [2.75, 3.05) is 11.9 Å². The lowest BCUT2D eigenvalue weighted by molar-refractivity contribution is 0.0938. The summed E-state index contributed by atoms with van der Waals surface area (Å²) in [5.41, 5.74) is 2.70. The average molecular weight is 388 g/mol. The molecule has 0 radical (unpaired) electrons. The maximum absolute atomic E-state index is 12.5. The van der Waals surface area contributed by atoms with Crippen molar-refractivity contribution in [3.63, 3.8) is 0 Å². The van der Waals surface area contributed by atoms with Gasteiger partial charge in [-0.15, -0.1) is 0 Å². The van der Waals surface area contributed by atoms with Crippen molar-refractivity contribution in [1.82, 2.24) is 5.32 Å². The molecule has 0 aromatic heterocycles. The van der Waals surface area contributed by atoms with Crippen molar-refractivity contribution in [3.8, 4) is 5.75 Å². The predicted molar refractivity (Wildman–Crippen MR) is 114 cm³/mol. The zero-order chi connectivity index (χ0) is 20.6. The van der Waals surface area contributed by atoms with E-state index in [1.807, 2.05) is 44.2 Å². The van der Waals surface area contributed by atoms with Gasteiger partial charge in [0.25, 0.3) is 11.8 Å². The summed E-state index contributed by atoms with van der Waals surface area (Å²) in [7, 11) is 0. The van der Waals surface area contributed by atoms with Gasteiger partial charge >= 0.3 is 0 Å². The molecular formula is C24H24N2O3. The van der Waals surface area contributed by atoms with E-state index < -0.39 is 0 Å². The molecule has 1 atom stereocenters. The molecule has 2 amide bonds. The zero-order valence-corrected chi connectivity index (χ0v) is 16.5. The minimum Gasteiger partial charge on any atom is -0.494 e. The van der Waals surface area contributed by atoms with Crippen LogP contribution in [-0.2, 0) is 0 Å². The number of carbonyl (C=O) groups is 2. The van der Waals surface area contributed by atoms with E-state index in [0.29, 0.717) is 23.4 Å². The number of carbonyl (C=O) groups excluding carboxylic acids is 2. The third kappa shape index (κ3) is 5.45. The molecule has 0 saturated heterocycles. The first kappa shape index (κ1) is 20.1. The molecule has 0 aliphatic rings. The van der Waals surface area contributed by atoms with E-state index in [2.05, 4.69) is 10.6 Å². The summed E-state index contributed by atoms with van der Waals surface area (Å²) in [6, 6.07) is 23.4. The fourth-order valence-electron chi connectivity index (χ4n) is 2.88. The van der Waals surface area contributed by atoms with Gasteiger partial charge in [-0.05, 0) is 67.9 Å². The van der Waals surface area contributed by atoms with Gasteiger partial charge in [0.1, 0.15) is 5.75 Å². The smallest absolute Gasteiger partial charge is 0.255 e. The van der Waals surface area contributed by atoms with Crippen LogP contribution in [0.1, 0.15) is 46.2 Å². The topological polar surface area (TPSA) is 67.4 Å². The second-order valence-electron chi connectivity index (χ2n) is 6.59. The highest BCUT2D eigenvalue weighted by Gasteiger charge is 2.12. The van der Waals surface area contributed by atoms with E-state index in [0.717, 1.165) is 11.3 Å². The van der Waals surface area contributed by atoms with Gasteiger partial charge in [-0.3, -0.25) is 9.59 Å². The maximum atomic E-state index is 12.5. The number of hydrogen-bond acceptors (Lipinski definition) is 3. The number of nitrogens with one attached hydrogen (secondary N) is 2. The molecule has 0 spiro atoms. The lowest BCUT2D eigenvalue weighted by atomic mass is 10.1. The largest absolute Gasteiger partial charge is 0.494 e. The highest BCUT2D eigenvalue weighted by atomic mass is 16.5. The molecule has 0 fully saturated rings. The van der Waals surface area contributed by atoms with E-state index in [1.165, 1.54) is 0 Å². The molecule has 5 nitrogen and oxygen atoms in total. The van der Waals surface area contributed by atoms with Crippen molar-refractivity contribution in [1.29, 1.82) is 0 Å². The number of hydrogen-bond donors (Lipinski definition) is 2. The van der Waals surface area contributed by atoms with Gasteiger partial charge in [0.2, 0.25) is 0 Å². The van der Waals surface area contributed by atoms with E-state index in [1.54, 1.807) is 48.5 Å². The Balaban J connectivity index is 1.60. The molecule has 0 bridgehead atoms. The van der Waals surface area contributed by atoms with Crippen molar-refractivity contribution < 1.29 is 14.3 Å². The van der Waals surface area contributed by atoms with Crippen molar-refractivity contribution in [2.45, 2.75) is 19.9 Å². The molecule has 3 aromatic rings. The summed E-state index contributed by atoms with van der Waals surface area (Å²) in [6.45, 7) is 4.45. The Kier molecular flexibility index (Phi) is 6.63. The Morgan fingerprint density at radius 2 is 1.41 bits per heavy atom. The predicted octanol–water partition coefficient (Wildman–Crippen LogP) is 4.83. The highest BCUT2D eigenvalue weighted by Crippen LogP contribution is 2.17. The molecule has 0 saturated carbocycles. The van der Waals surface area contributed by atoms with Crippen molar-refractivity contribution in [3.05, 3.63) is 95.6 Å². The Morgan fingerprint density at radius 3 is 2.00 bits per heavy atom. The Hall–Kier alpha value is -3.60. The molecule has 0 aliphatic heterocycles. The van der Waals surface area contributed by atoms with E-state index in [4.69, 9.17) is 4.74 Å². The lowest BCUT2D eigenvalue weighted by Gasteiger charge is -2.14. The first-order chi connectivity index (χ1) is 14.1. The minimum absolute atomic E-state index is 0.105. The van der Waals surface area contributed by atoms with Crippen LogP contribution in [0.25, 0.3) is 0 Å². The Labute approximate surface area is 170 Å². The first-order valence-electron chi connectivity index (χ1n) is 9.57. The summed E-state index contributed by atoms with van der Waals surface area (Å²) in [4.78, 5) is 24.9. The summed E-state index contributed by atoms with van der Waals surface area (Å²) in [5, 5.41) is 5.80. The lowest BCUT2D eigenvalue weighted by Crippen LogP contribution is -2.26. The molecule has 29 heavy (non-hydrogen) atoms. The van der Waals surface area contributed by atoms with Crippen molar-refractivity contribution >= 4 is 17.5 Å². The number of rotatable bonds is 7. The summed E-state index contributed by atoms with van der Waals surface area (Å²) in [6.07, 6.45) is 0. The van der Waals surface area contributed by atoms with Gasteiger partial charge in [0, 0.05) is 16.8 Å². The number of ether oxygens (including phenoxy) is 1. The van der Waals surface area contributed by atoms with Crippen molar-refractivity contribution in [2.24, 2.45) is 0 Å². The third-order valence-corrected chi connectivity index (χ3v) is 4.48. The van der Waals surface area contributed by atoms with Crippen LogP contribution in [0.3, 0.4) is 0 Å². The van der Waals surface area contributed by atoms with Crippen LogP contribution < -0.4 is 15.4 Å². The second-order valence-corrected chi connectivity index (χ2v) is 6.59. The summed E-state index contributed by atoms with van der Waals surface area (Å²) >= 11 is 0. The molecule has 5 heteroatoms. The number of amides is 2. The van der Waals surface area contributed by atoms with Gasteiger partial charge < -0.3 is 15.4 Å². The quantitative estimate of drug-likeness (QED) is 0.609. The molecule has 2 N–H and O–H groups in total. The highest BCUT2D eigenvalue weighted by molar-refractivity contribution is 6.05. The van der Waals surface area contributed by atoms with Crippen LogP contribution in [0.4, 0.5) is 5.69 Å². The SMILES string of the molecule is CCOc1ccc(NC(=O)c2ccc(C(=O)NC(C)c3ccccc3)cc2)cc1. The van der Waals surface area contributed by atoms with Gasteiger partial charge in [-0.25, -0.2) is 0 Å². The molecule has 0 aliphatic carbocycles. The van der Waals surface area contributed by atoms with Crippen LogP contribution in [-0.4, -0.2) is 18.4 Å². The standard InChI is InChI=1S/C24H24N2O3/c1-3-29-22-15-13-21(14-16-22)26-24(28)20-11-9-19(10-12-20)23(27)25-17(2)18-7-5-4-6-8-18/h4-17H,3H2,1-2H3,(H,25,27)(H,26,28). The van der Waals surface area contributed by atoms with Gasteiger partial charge in [-0.2, -0.15) is 0 Å². The summed E-state index contributed by atoms with van der Waals surface area (Å²) < 4.78 is 5.39. The number of anilines is 1. The third-order valence-electron chi connectivity index (χ3n) is 4.48. The number of benzene rings is 3. The van der Waals surface area contributed by atoms with E-state index >= 15 is 0 Å². The second kappa shape index (κ2) is 9.55. The molecule has 1 unspecified atom stereocenters. The maximum Gasteiger partial charge on any atom is 0.255 e. The van der Waals surface area contributed by atoms with E-state index in [9.17, 15) is 9.59 Å². The molecule has 0 heterocycles. The Morgan fingerprint density at radius 1 is 0.828 bits per heavy atom. The normalized spacial score (nSPS) is 11.4. The molecule has 148 valence electrons. The fraction of sp³-hybridized carbons (Fsp3) is 0.167. The average Bonchev–Trinajstić information content (AvgIpc) is 2.76. The minimum atomic E-state index is -0.237. The van der Waals surface area contributed by atoms with Crippen LogP contribution in [0.5, 0.6) is 5.75 Å². The molecular weight excluding hydrogens is 364 g/mol.